The zero-order valence-corrected chi connectivity index (χ0v) is 11.6. The fourth-order valence-electron chi connectivity index (χ4n) is 2.24. The molecule has 1 heterocycles. The molecule has 0 unspecified atom stereocenters. The second-order valence-electron chi connectivity index (χ2n) is 4.76. The van der Waals surface area contributed by atoms with Crippen molar-refractivity contribution in [2.45, 2.75) is 18.6 Å². The summed E-state index contributed by atoms with van der Waals surface area (Å²) in [6, 6.07) is 5.76. The number of β-amino-alcohol motifs (C(OH)–C–C–N with tert-alkyl or cyclic N) is 1. The van der Waals surface area contributed by atoms with Crippen molar-refractivity contribution in [3.8, 4) is 11.5 Å². The maximum absolute atomic E-state index is 12.0. The molecule has 1 aliphatic heterocycles. The third-order valence-electron chi connectivity index (χ3n) is 3.29. The molecular weight excluding hydrogens is 278 g/mol. The van der Waals surface area contributed by atoms with E-state index in [-0.39, 0.29) is 19.6 Å². The zero-order valence-electron chi connectivity index (χ0n) is 11.6. The number of hydrogen-bond donors (Lipinski definition) is 2. The lowest BCUT2D eigenvalue weighted by Crippen LogP contribution is -2.42. The van der Waals surface area contributed by atoms with Crippen LogP contribution in [0.1, 0.15) is 6.42 Å². The second kappa shape index (κ2) is 6.45. The number of carbonyl (C=O) groups is 2. The van der Waals surface area contributed by atoms with E-state index in [1.165, 1.54) is 7.11 Å². The topological polar surface area (TPSA) is 96.3 Å². The fraction of sp³-hybridized carbons (Fsp3) is 0.429. The van der Waals surface area contributed by atoms with Crippen LogP contribution in [-0.2, 0) is 9.59 Å². The van der Waals surface area contributed by atoms with Gasteiger partial charge in [-0.2, -0.15) is 0 Å². The van der Waals surface area contributed by atoms with Crippen LogP contribution in [0.3, 0.4) is 0 Å². The summed E-state index contributed by atoms with van der Waals surface area (Å²) in [6.45, 7) is -0.277. The normalized spacial score (nSPS) is 21.1. The van der Waals surface area contributed by atoms with E-state index in [1.54, 1.807) is 24.3 Å². The first kappa shape index (κ1) is 15.1. The number of carboxylic acids is 1. The first-order chi connectivity index (χ1) is 10.0. The highest BCUT2D eigenvalue weighted by molar-refractivity contribution is 5.85. The smallest absolute Gasteiger partial charge is 0.326 e. The summed E-state index contributed by atoms with van der Waals surface area (Å²) in [5, 5.41) is 18.5. The van der Waals surface area contributed by atoms with Crippen LogP contribution in [0, 0.1) is 0 Å². The molecule has 2 N–H and O–H groups in total. The van der Waals surface area contributed by atoms with Gasteiger partial charge in [0, 0.05) is 19.0 Å². The lowest BCUT2D eigenvalue weighted by Gasteiger charge is -2.21. The molecule has 21 heavy (non-hydrogen) atoms. The average Bonchev–Trinajstić information content (AvgIpc) is 2.87. The Labute approximate surface area is 121 Å². The van der Waals surface area contributed by atoms with Gasteiger partial charge in [0.1, 0.15) is 17.5 Å². The van der Waals surface area contributed by atoms with E-state index in [4.69, 9.17) is 14.6 Å². The molecular formula is C14H17NO6. The summed E-state index contributed by atoms with van der Waals surface area (Å²) in [7, 11) is 1.52. The maximum atomic E-state index is 12.0. The standard InChI is InChI=1S/C14H17NO6/c1-20-10-3-2-4-11(6-10)21-8-13(17)15-7-9(16)5-12(15)14(18)19/h2-4,6,9,12,16H,5,7-8H2,1H3,(H,18,19)/t9-,12-/m1/s1. The summed E-state index contributed by atoms with van der Waals surface area (Å²) >= 11 is 0. The number of amides is 1. The van der Waals surface area contributed by atoms with Gasteiger partial charge in [-0.05, 0) is 12.1 Å². The summed E-state index contributed by atoms with van der Waals surface area (Å²) in [5.41, 5.74) is 0. The van der Waals surface area contributed by atoms with Gasteiger partial charge >= 0.3 is 5.97 Å². The highest BCUT2D eigenvalue weighted by Crippen LogP contribution is 2.21. The van der Waals surface area contributed by atoms with E-state index < -0.39 is 24.0 Å². The molecule has 1 amide bonds. The lowest BCUT2D eigenvalue weighted by molar-refractivity contribution is -0.148. The molecule has 1 aromatic carbocycles. The van der Waals surface area contributed by atoms with Crippen LogP contribution in [-0.4, -0.2) is 59.4 Å². The molecule has 114 valence electrons. The van der Waals surface area contributed by atoms with Crippen LogP contribution in [0.2, 0.25) is 0 Å². The molecule has 0 radical (unpaired) electrons. The van der Waals surface area contributed by atoms with Crippen molar-refractivity contribution < 1.29 is 29.3 Å². The average molecular weight is 295 g/mol. The minimum atomic E-state index is -1.12. The van der Waals surface area contributed by atoms with Crippen LogP contribution >= 0.6 is 0 Å². The molecule has 0 bridgehead atoms. The van der Waals surface area contributed by atoms with Crippen molar-refractivity contribution >= 4 is 11.9 Å². The van der Waals surface area contributed by atoms with Gasteiger partial charge in [-0.25, -0.2) is 4.79 Å². The summed E-state index contributed by atoms with van der Waals surface area (Å²) in [4.78, 5) is 24.2. The minimum absolute atomic E-state index is 0.0112. The number of carboxylic acid groups (broad SMARTS) is 1. The van der Waals surface area contributed by atoms with Crippen molar-refractivity contribution in [2.24, 2.45) is 0 Å². The number of aliphatic hydroxyl groups excluding tert-OH is 1. The summed E-state index contributed by atoms with van der Waals surface area (Å²) < 4.78 is 10.4. The first-order valence-corrected chi connectivity index (χ1v) is 6.48. The number of benzene rings is 1. The van der Waals surface area contributed by atoms with Gasteiger partial charge in [-0.1, -0.05) is 6.07 Å². The highest BCUT2D eigenvalue weighted by Gasteiger charge is 2.38. The number of hydrogen-bond acceptors (Lipinski definition) is 5. The van der Waals surface area contributed by atoms with Gasteiger partial charge in [-0.3, -0.25) is 4.79 Å². The molecule has 0 aliphatic carbocycles. The quantitative estimate of drug-likeness (QED) is 0.801. The third-order valence-corrected chi connectivity index (χ3v) is 3.29. The molecule has 0 saturated carbocycles. The molecule has 0 spiro atoms. The van der Waals surface area contributed by atoms with E-state index in [0.29, 0.717) is 11.5 Å². The Kier molecular flexibility index (Phi) is 4.64. The molecule has 1 aromatic rings. The van der Waals surface area contributed by atoms with E-state index in [2.05, 4.69) is 0 Å². The fourth-order valence-corrected chi connectivity index (χ4v) is 2.24. The van der Waals surface area contributed by atoms with Gasteiger partial charge in [-0.15, -0.1) is 0 Å². The zero-order chi connectivity index (χ0) is 15.4. The Hall–Kier alpha value is -2.28. The number of aliphatic carboxylic acids is 1. The Morgan fingerprint density at radius 1 is 1.38 bits per heavy atom. The SMILES string of the molecule is COc1cccc(OCC(=O)N2C[C@H](O)C[C@@H]2C(=O)O)c1. The Balaban J connectivity index is 1.96. The lowest BCUT2D eigenvalue weighted by atomic mass is 10.2. The van der Waals surface area contributed by atoms with Crippen molar-refractivity contribution in [1.82, 2.24) is 4.90 Å². The van der Waals surface area contributed by atoms with Crippen LogP contribution in [0.15, 0.2) is 24.3 Å². The predicted octanol–water partition coefficient (Wildman–Crippen LogP) is 0.120. The van der Waals surface area contributed by atoms with Crippen LogP contribution < -0.4 is 9.47 Å². The van der Waals surface area contributed by atoms with Crippen molar-refractivity contribution in [3.05, 3.63) is 24.3 Å². The molecule has 0 aromatic heterocycles. The number of aliphatic hydroxyl groups is 1. The van der Waals surface area contributed by atoms with Gasteiger partial charge in [0.15, 0.2) is 6.61 Å². The van der Waals surface area contributed by atoms with Crippen molar-refractivity contribution in [1.29, 1.82) is 0 Å². The van der Waals surface area contributed by atoms with Crippen LogP contribution in [0.25, 0.3) is 0 Å². The van der Waals surface area contributed by atoms with Gasteiger partial charge in [0.2, 0.25) is 0 Å². The summed E-state index contributed by atoms with van der Waals surface area (Å²) in [6.07, 6.45) is -0.771. The maximum Gasteiger partial charge on any atom is 0.326 e. The molecule has 1 fully saturated rings. The monoisotopic (exact) mass is 295 g/mol. The van der Waals surface area contributed by atoms with Gasteiger partial charge < -0.3 is 24.6 Å². The van der Waals surface area contributed by atoms with E-state index in [1.807, 2.05) is 0 Å². The van der Waals surface area contributed by atoms with Crippen LogP contribution in [0.4, 0.5) is 0 Å². The van der Waals surface area contributed by atoms with Crippen LogP contribution in [0.5, 0.6) is 11.5 Å². The number of methoxy groups -OCH3 is 1. The molecule has 7 nitrogen and oxygen atoms in total. The first-order valence-electron chi connectivity index (χ1n) is 6.48. The number of ether oxygens (including phenoxy) is 2. The predicted molar refractivity (Wildman–Crippen MR) is 72.2 cm³/mol. The molecule has 1 saturated heterocycles. The largest absolute Gasteiger partial charge is 0.497 e. The minimum Gasteiger partial charge on any atom is -0.497 e. The number of rotatable bonds is 5. The molecule has 7 heteroatoms. The van der Waals surface area contributed by atoms with Crippen molar-refractivity contribution in [2.75, 3.05) is 20.3 Å². The highest BCUT2D eigenvalue weighted by atomic mass is 16.5. The van der Waals surface area contributed by atoms with Gasteiger partial charge in [0.25, 0.3) is 5.91 Å². The summed E-state index contributed by atoms with van der Waals surface area (Å²) in [5.74, 6) is -0.544. The Bertz CT molecular complexity index is 532. The van der Waals surface area contributed by atoms with E-state index >= 15 is 0 Å². The molecule has 2 rings (SSSR count). The Morgan fingerprint density at radius 2 is 2.10 bits per heavy atom. The Morgan fingerprint density at radius 3 is 2.76 bits per heavy atom. The van der Waals surface area contributed by atoms with Crippen molar-refractivity contribution in [3.63, 3.8) is 0 Å². The van der Waals surface area contributed by atoms with E-state index in [0.717, 1.165) is 4.90 Å². The third kappa shape index (κ3) is 3.63. The molecule has 1 aliphatic rings. The molecule has 2 atom stereocenters. The number of nitrogens with zero attached hydrogens (tertiary/aromatic N) is 1. The van der Waals surface area contributed by atoms with Gasteiger partial charge in [0.05, 0.1) is 13.2 Å². The second-order valence-corrected chi connectivity index (χ2v) is 4.76. The number of carbonyl (C=O) groups excluding carboxylic acids is 1. The number of likely N-dealkylation sites (tertiary alicyclic amines) is 1. The van der Waals surface area contributed by atoms with E-state index in [9.17, 15) is 14.7 Å².